The van der Waals surface area contributed by atoms with E-state index in [9.17, 15) is 9.59 Å². The molecule has 6 heteroatoms. The number of benzene rings is 2. The van der Waals surface area contributed by atoms with E-state index >= 15 is 0 Å². The summed E-state index contributed by atoms with van der Waals surface area (Å²) in [4.78, 5) is 29.1. The molecule has 0 aliphatic heterocycles. The number of nitrogens with one attached hydrogen (secondary N) is 2. The van der Waals surface area contributed by atoms with Crippen molar-refractivity contribution in [2.24, 2.45) is 0 Å². The SMILES string of the molecule is Cc1ccccc1CC(=O)Nc1ccc(-c2cnc(N)c(C(=O)NC(C)C)c2)c(C)c1. The predicted molar refractivity (Wildman–Crippen MR) is 125 cm³/mol. The number of nitrogens with zero attached hydrogens (tertiary/aromatic N) is 1. The fraction of sp³-hybridized carbons (Fsp3) is 0.240. The number of carbonyl (C=O) groups is 2. The number of nitrogens with two attached hydrogens (primary N) is 1. The number of aromatic nitrogens is 1. The van der Waals surface area contributed by atoms with Crippen LogP contribution >= 0.6 is 0 Å². The molecule has 4 N–H and O–H groups in total. The summed E-state index contributed by atoms with van der Waals surface area (Å²) in [5.74, 6) is -0.123. The predicted octanol–water partition coefficient (Wildman–Crippen LogP) is 4.27. The summed E-state index contributed by atoms with van der Waals surface area (Å²) in [7, 11) is 0. The molecule has 2 aromatic carbocycles. The van der Waals surface area contributed by atoms with Gasteiger partial charge in [-0.3, -0.25) is 9.59 Å². The lowest BCUT2D eigenvalue weighted by atomic mass is 9.99. The maximum absolute atomic E-state index is 12.5. The highest BCUT2D eigenvalue weighted by Gasteiger charge is 2.15. The van der Waals surface area contributed by atoms with Crippen LogP contribution in [-0.2, 0) is 11.2 Å². The molecule has 0 aliphatic carbocycles. The molecular formula is C25H28N4O2. The van der Waals surface area contributed by atoms with Crippen molar-refractivity contribution >= 4 is 23.3 Å². The van der Waals surface area contributed by atoms with Crippen molar-refractivity contribution in [3.8, 4) is 11.1 Å². The van der Waals surface area contributed by atoms with Crippen LogP contribution in [0.25, 0.3) is 11.1 Å². The third-order valence-corrected chi connectivity index (χ3v) is 5.02. The summed E-state index contributed by atoms with van der Waals surface area (Å²) in [5, 5.41) is 5.80. The first kappa shape index (κ1) is 22.0. The quantitative estimate of drug-likeness (QED) is 0.559. The molecule has 3 rings (SSSR count). The molecule has 160 valence electrons. The summed E-state index contributed by atoms with van der Waals surface area (Å²) >= 11 is 0. The van der Waals surface area contributed by atoms with Crippen molar-refractivity contribution in [1.29, 1.82) is 0 Å². The highest BCUT2D eigenvalue weighted by atomic mass is 16.2. The van der Waals surface area contributed by atoms with Gasteiger partial charge in [-0.2, -0.15) is 0 Å². The highest BCUT2D eigenvalue weighted by molar-refractivity contribution is 5.99. The van der Waals surface area contributed by atoms with Crippen molar-refractivity contribution in [2.75, 3.05) is 11.1 Å². The summed E-state index contributed by atoms with van der Waals surface area (Å²) in [6, 6.07) is 15.3. The third kappa shape index (κ3) is 5.48. The minimum Gasteiger partial charge on any atom is -0.383 e. The number of rotatable bonds is 6. The molecule has 31 heavy (non-hydrogen) atoms. The van der Waals surface area contributed by atoms with E-state index in [1.165, 1.54) is 0 Å². The molecule has 0 unspecified atom stereocenters. The first-order valence-electron chi connectivity index (χ1n) is 10.3. The number of hydrogen-bond acceptors (Lipinski definition) is 4. The number of aryl methyl sites for hydroxylation is 2. The Bertz CT molecular complexity index is 1120. The Hall–Kier alpha value is -3.67. The Morgan fingerprint density at radius 2 is 1.77 bits per heavy atom. The van der Waals surface area contributed by atoms with Gasteiger partial charge in [0, 0.05) is 23.5 Å². The van der Waals surface area contributed by atoms with E-state index in [1.54, 1.807) is 12.3 Å². The molecule has 0 spiro atoms. The summed E-state index contributed by atoms with van der Waals surface area (Å²) in [5.41, 5.74) is 11.8. The highest BCUT2D eigenvalue weighted by Crippen LogP contribution is 2.27. The molecule has 0 atom stereocenters. The maximum Gasteiger partial charge on any atom is 0.255 e. The fourth-order valence-electron chi connectivity index (χ4n) is 3.40. The van der Waals surface area contributed by atoms with Gasteiger partial charge in [-0.05, 0) is 68.1 Å². The Balaban J connectivity index is 1.79. The molecule has 0 aliphatic rings. The van der Waals surface area contributed by atoms with Gasteiger partial charge < -0.3 is 16.4 Å². The van der Waals surface area contributed by atoms with Crippen LogP contribution in [0, 0.1) is 13.8 Å². The van der Waals surface area contributed by atoms with E-state index in [-0.39, 0.29) is 23.7 Å². The number of anilines is 2. The van der Waals surface area contributed by atoms with Crippen LogP contribution in [0.3, 0.4) is 0 Å². The average molecular weight is 417 g/mol. The summed E-state index contributed by atoms with van der Waals surface area (Å²) in [6.07, 6.45) is 1.98. The number of amides is 2. The molecule has 0 bridgehead atoms. The van der Waals surface area contributed by atoms with Crippen molar-refractivity contribution in [3.63, 3.8) is 0 Å². The van der Waals surface area contributed by atoms with Gasteiger partial charge in [-0.25, -0.2) is 4.98 Å². The van der Waals surface area contributed by atoms with Crippen molar-refractivity contribution in [1.82, 2.24) is 10.3 Å². The normalized spacial score (nSPS) is 10.7. The van der Waals surface area contributed by atoms with Gasteiger partial charge in [0.05, 0.1) is 12.0 Å². The van der Waals surface area contributed by atoms with Crippen LogP contribution in [0.15, 0.2) is 54.7 Å². The van der Waals surface area contributed by atoms with Crippen molar-refractivity contribution < 1.29 is 9.59 Å². The smallest absolute Gasteiger partial charge is 0.255 e. The lowest BCUT2D eigenvalue weighted by Gasteiger charge is -2.13. The van der Waals surface area contributed by atoms with Gasteiger partial charge in [-0.15, -0.1) is 0 Å². The zero-order valence-electron chi connectivity index (χ0n) is 18.3. The van der Waals surface area contributed by atoms with E-state index in [1.807, 2.05) is 70.2 Å². The largest absolute Gasteiger partial charge is 0.383 e. The monoisotopic (exact) mass is 416 g/mol. The number of hydrogen-bond donors (Lipinski definition) is 3. The lowest BCUT2D eigenvalue weighted by molar-refractivity contribution is -0.115. The van der Waals surface area contributed by atoms with E-state index in [4.69, 9.17) is 5.73 Å². The molecular weight excluding hydrogens is 388 g/mol. The van der Waals surface area contributed by atoms with E-state index < -0.39 is 0 Å². The lowest BCUT2D eigenvalue weighted by Crippen LogP contribution is -2.30. The Labute approximate surface area is 182 Å². The van der Waals surface area contributed by atoms with E-state index in [0.29, 0.717) is 12.0 Å². The first-order valence-corrected chi connectivity index (χ1v) is 10.3. The van der Waals surface area contributed by atoms with Gasteiger partial charge in [0.1, 0.15) is 5.82 Å². The summed E-state index contributed by atoms with van der Waals surface area (Å²) in [6.45, 7) is 7.73. The summed E-state index contributed by atoms with van der Waals surface area (Å²) < 4.78 is 0. The third-order valence-electron chi connectivity index (χ3n) is 5.02. The Morgan fingerprint density at radius 1 is 1.03 bits per heavy atom. The number of carbonyl (C=O) groups excluding carboxylic acids is 2. The van der Waals surface area contributed by atoms with E-state index in [0.717, 1.165) is 33.5 Å². The molecule has 1 heterocycles. The maximum atomic E-state index is 12.5. The van der Waals surface area contributed by atoms with Gasteiger partial charge in [0.2, 0.25) is 5.91 Å². The van der Waals surface area contributed by atoms with E-state index in [2.05, 4.69) is 15.6 Å². The van der Waals surface area contributed by atoms with Gasteiger partial charge in [0.25, 0.3) is 5.91 Å². The zero-order valence-corrected chi connectivity index (χ0v) is 18.3. The van der Waals surface area contributed by atoms with Crippen LogP contribution in [0.5, 0.6) is 0 Å². The molecule has 0 saturated heterocycles. The molecule has 0 radical (unpaired) electrons. The van der Waals surface area contributed by atoms with Crippen LogP contribution < -0.4 is 16.4 Å². The second-order valence-corrected chi connectivity index (χ2v) is 7.97. The van der Waals surface area contributed by atoms with Crippen molar-refractivity contribution in [3.05, 3.63) is 77.0 Å². The zero-order chi connectivity index (χ0) is 22.5. The fourth-order valence-corrected chi connectivity index (χ4v) is 3.40. The first-order chi connectivity index (χ1) is 14.7. The molecule has 0 saturated carbocycles. The average Bonchev–Trinajstić information content (AvgIpc) is 2.70. The molecule has 6 nitrogen and oxygen atoms in total. The molecule has 3 aromatic rings. The standard InChI is InChI=1S/C25H28N4O2/c1-15(2)28-25(31)22-12-19(14-27-24(22)26)21-10-9-20(11-17(21)4)29-23(30)13-18-8-6-5-7-16(18)3/h5-12,14-15H,13H2,1-4H3,(H2,26,27)(H,28,31)(H,29,30). The van der Waals surface area contributed by atoms with Gasteiger partial charge in [-0.1, -0.05) is 30.3 Å². The topological polar surface area (TPSA) is 97.1 Å². The Kier molecular flexibility index (Phi) is 6.70. The second-order valence-electron chi connectivity index (χ2n) is 7.97. The van der Waals surface area contributed by atoms with Crippen LogP contribution in [0.2, 0.25) is 0 Å². The van der Waals surface area contributed by atoms with Gasteiger partial charge >= 0.3 is 0 Å². The molecule has 1 aromatic heterocycles. The Morgan fingerprint density at radius 3 is 2.45 bits per heavy atom. The van der Waals surface area contributed by atoms with Crippen LogP contribution in [0.4, 0.5) is 11.5 Å². The molecule has 2 amide bonds. The minimum atomic E-state index is -0.250. The minimum absolute atomic E-state index is 0.000129. The number of nitrogen functional groups attached to an aromatic ring is 1. The number of pyridine rings is 1. The van der Waals surface area contributed by atoms with Crippen LogP contribution in [0.1, 0.15) is 40.9 Å². The van der Waals surface area contributed by atoms with Gasteiger partial charge in [0.15, 0.2) is 0 Å². The van der Waals surface area contributed by atoms with Crippen molar-refractivity contribution in [2.45, 2.75) is 40.2 Å². The molecule has 0 fully saturated rings. The van der Waals surface area contributed by atoms with Crippen LogP contribution in [-0.4, -0.2) is 22.8 Å². The second kappa shape index (κ2) is 9.43.